The Morgan fingerprint density at radius 3 is 2.10 bits per heavy atom. The van der Waals surface area contributed by atoms with Crippen molar-refractivity contribution in [3.8, 4) is 0 Å². The molecular formula is C8H18N2. The lowest BCUT2D eigenvalue weighted by molar-refractivity contribution is 0.641. The minimum atomic E-state index is 0.395. The third kappa shape index (κ3) is 5.60. The lowest BCUT2D eigenvalue weighted by Crippen LogP contribution is -2.30. The van der Waals surface area contributed by atoms with Crippen molar-refractivity contribution in [1.82, 2.24) is 5.32 Å². The van der Waals surface area contributed by atoms with E-state index in [2.05, 4.69) is 33.0 Å². The third-order valence-corrected chi connectivity index (χ3v) is 1.08. The minimum Gasteiger partial charge on any atom is -0.372 e. The van der Waals surface area contributed by atoms with Crippen LogP contribution < -0.4 is 5.32 Å². The molecule has 2 N–H and O–H groups in total. The molecule has 0 aromatic heterocycles. The molecule has 0 aromatic rings. The zero-order valence-corrected chi connectivity index (χ0v) is 7.36. The molecule has 0 fully saturated rings. The molecule has 0 amide bonds. The summed E-state index contributed by atoms with van der Waals surface area (Å²) in [6.07, 6.45) is 0.859. The predicted octanol–water partition coefficient (Wildman–Crippen LogP) is 2.01. The number of nitrogens with one attached hydrogen (secondary N) is 2. The van der Waals surface area contributed by atoms with Gasteiger partial charge in [-0.3, -0.25) is 5.41 Å². The molecule has 0 heterocycles. The van der Waals surface area contributed by atoms with Gasteiger partial charge < -0.3 is 5.32 Å². The van der Waals surface area contributed by atoms with Crippen molar-refractivity contribution in [3.05, 3.63) is 0 Å². The van der Waals surface area contributed by atoms with Crippen LogP contribution in [-0.2, 0) is 0 Å². The highest BCUT2D eigenvalue weighted by atomic mass is 15.0. The van der Waals surface area contributed by atoms with Gasteiger partial charge in [0.2, 0.25) is 0 Å². The first-order valence-corrected chi connectivity index (χ1v) is 3.86. The second-order valence-corrected chi connectivity index (χ2v) is 3.38. The fourth-order valence-corrected chi connectivity index (χ4v) is 0.816. The summed E-state index contributed by atoms with van der Waals surface area (Å²) in [6.45, 7) is 8.34. The summed E-state index contributed by atoms with van der Waals surface area (Å²) in [7, 11) is 0. The van der Waals surface area contributed by atoms with E-state index in [0.29, 0.717) is 17.8 Å². The average molecular weight is 142 g/mol. The molecule has 0 aliphatic carbocycles. The van der Waals surface area contributed by atoms with Crippen LogP contribution in [0.5, 0.6) is 0 Å². The first-order valence-electron chi connectivity index (χ1n) is 3.86. The van der Waals surface area contributed by atoms with Crippen LogP contribution in [0.3, 0.4) is 0 Å². The molecule has 0 unspecified atom stereocenters. The summed E-state index contributed by atoms with van der Waals surface area (Å²) in [5.74, 6) is 1.24. The van der Waals surface area contributed by atoms with E-state index in [1.807, 2.05) is 0 Å². The van der Waals surface area contributed by atoms with Crippen molar-refractivity contribution < 1.29 is 0 Å². The SMILES string of the molecule is CC(C)CC(=N)NC(C)C. The highest BCUT2D eigenvalue weighted by Gasteiger charge is 2.00. The number of hydrogen-bond donors (Lipinski definition) is 2. The first kappa shape index (κ1) is 9.47. The maximum Gasteiger partial charge on any atom is 0.0936 e. The topological polar surface area (TPSA) is 35.9 Å². The molecule has 2 nitrogen and oxygen atoms in total. The van der Waals surface area contributed by atoms with Crippen molar-refractivity contribution in [2.24, 2.45) is 5.92 Å². The maximum atomic E-state index is 7.44. The smallest absolute Gasteiger partial charge is 0.0936 e. The van der Waals surface area contributed by atoms with Crippen LogP contribution in [0.1, 0.15) is 34.1 Å². The molecule has 10 heavy (non-hydrogen) atoms. The zero-order chi connectivity index (χ0) is 8.15. The summed E-state index contributed by atoms with van der Waals surface area (Å²) < 4.78 is 0. The Morgan fingerprint density at radius 2 is 1.80 bits per heavy atom. The van der Waals surface area contributed by atoms with E-state index in [0.717, 1.165) is 6.42 Å². The van der Waals surface area contributed by atoms with Crippen LogP contribution >= 0.6 is 0 Å². The van der Waals surface area contributed by atoms with Crippen LogP contribution in [0.25, 0.3) is 0 Å². The molecule has 0 aliphatic rings. The van der Waals surface area contributed by atoms with Gasteiger partial charge in [-0.25, -0.2) is 0 Å². The Hall–Kier alpha value is -0.530. The van der Waals surface area contributed by atoms with E-state index in [-0.39, 0.29) is 0 Å². The highest BCUT2D eigenvalue weighted by Crippen LogP contribution is 1.98. The molecule has 2 heteroatoms. The quantitative estimate of drug-likeness (QED) is 0.459. The van der Waals surface area contributed by atoms with Crippen molar-refractivity contribution in [3.63, 3.8) is 0 Å². The van der Waals surface area contributed by atoms with E-state index in [1.54, 1.807) is 0 Å². The lowest BCUT2D eigenvalue weighted by Gasteiger charge is -2.12. The number of amidine groups is 1. The van der Waals surface area contributed by atoms with Crippen molar-refractivity contribution in [2.75, 3.05) is 0 Å². The van der Waals surface area contributed by atoms with Crippen molar-refractivity contribution >= 4 is 5.84 Å². The van der Waals surface area contributed by atoms with Gasteiger partial charge >= 0.3 is 0 Å². The number of hydrogen-bond acceptors (Lipinski definition) is 1. The van der Waals surface area contributed by atoms with Crippen LogP contribution in [-0.4, -0.2) is 11.9 Å². The van der Waals surface area contributed by atoms with Crippen LogP contribution in [0.4, 0.5) is 0 Å². The standard InChI is InChI=1S/C8H18N2/c1-6(2)5-8(9)10-7(3)4/h6-7H,5H2,1-4H3,(H2,9,10). The minimum absolute atomic E-state index is 0.395. The summed E-state index contributed by atoms with van der Waals surface area (Å²) >= 11 is 0. The largest absolute Gasteiger partial charge is 0.372 e. The predicted molar refractivity (Wildman–Crippen MR) is 45.5 cm³/mol. The van der Waals surface area contributed by atoms with Gasteiger partial charge in [-0.1, -0.05) is 13.8 Å². The van der Waals surface area contributed by atoms with Gasteiger partial charge in [-0.15, -0.1) is 0 Å². The summed E-state index contributed by atoms with van der Waals surface area (Å²) in [4.78, 5) is 0. The summed E-state index contributed by atoms with van der Waals surface area (Å²) in [5.41, 5.74) is 0. The van der Waals surface area contributed by atoms with Gasteiger partial charge in [0.25, 0.3) is 0 Å². The molecule has 0 atom stereocenters. The average Bonchev–Trinajstić information content (AvgIpc) is 1.58. The van der Waals surface area contributed by atoms with Gasteiger partial charge in [0.15, 0.2) is 0 Å². The maximum absolute atomic E-state index is 7.44. The van der Waals surface area contributed by atoms with Gasteiger partial charge in [0.1, 0.15) is 0 Å². The Kier molecular flexibility index (Phi) is 4.08. The molecular weight excluding hydrogens is 124 g/mol. The second-order valence-electron chi connectivity index (χ2n) is 3.38. The fourth-order valence-electron chi connectivity index (χ4n) is 0.816. The van der Waals surface area contributed by atoms with E-state index >= 15 is 0 Å². The lowest BCUT2D eigenvalue weighted by atomic mass is 10.1. The van der Waals surface area contributed by atoms with Crippen LogP contribution in [0, 0.1) is 11.3 Å². The Bertz CT molecular complexity index is 93.8. The van der Waals surface area contributed by atoms with E-state index in [1.165, 1.54) is 0 Å². The van der Waals surface area contributed by atoms with Gasteiger partial charge in [-0.05, 0) is 19.8 Å². The van der Waals surface area contributed by atoms with Crippen LogP contribution in [0.2, 0.25) is 0 Å². The van der Waals surface area contributed by atoms with Crippen molar-refractivity contribution in [2.45, 2.75) is 40.2 Å². The van der Waals surface area contributed by atoms with E-state index < -0.39 is 0 Å². The molecule has 60 valence electrons. The Balaban J connectivity index is 3.44. The summed E-state index contributed by atoms with van der Waals surface area (Å²) in [6, 6.07) is 0.395. The normalized spacial score (nSPS) is 10.6. The second kappa shape index (κ2) is 4.31. The van der Waals surface area contributed by atoms with Crippen molar-refractivity contribution in [1.29, 1.82) is 5.41 Å². The van der Waals surface area contributed by atoms with Crippen LogP contribution in [0.15, 0.2) is 0 Å². The Morgan fingerprint density at radius 1 is 1.30 bits per heavy atom. The monoisotopic (exact) mass is 142 g/mol. The third-order valence-electron chi connectivity index (χ3n) is 1.08. The summed E-state index contributed by atoms with van der Waals surface area (Å²) in [5, 5.41) is 10.5. The van der Waals surface area contributed by atoms with E-state index in [4.69, 9.17) is 5.41 Å². The molecule has 0 spiro atoms. The molecule has 0 radical (unpaired) electrons. The Labute approximate surface area is 63.5 Å². The van der Waals surface area contributed by atoms with Gasteiger partial charge in [-0.2, -0.15) is 0 Å². The number of rotatable bonds is 3. The molecule has 0 aromatic carbocycles. The molecule has 0 saturated heterocycles. The highest BCUT2D eigenvalue weighted by molar-refractivity contribution is 5.79. The van der Waals surface area contributed by atoms with E-state index in [9.17, 15) is 0 Å². The van der Waals surface area contributed by atoms with Gasteiger partial charge in [0, 0.05) is 12.5 Å². The zero-order valence-electron chi connectivity index (χ0n) is 7.36. The molecule has 0 aliphatic heterocycles. The van der Waals surface area contributed by atoms with Gasteiger partial charge in [0.05, 0.1) is 5.84 Å². The molecule has 0 bridgehead atoms. The first-order chi connectivity index (χ1) is 4.52. The fraction of sp³-hybridized carbons (Fsp3) is 0.875. The molecule has 0 saturated carbocycles. The molecule has 0 rings (SSSR count).